The van der Waals surface area contributed by atoms with Gasteiger partial charge in [0.05, 0.1) is 23.3 Å². The molecule has 2 atom stereocenters. The van der Waals surface area contributed by atoms with E-state index in [4.69, 9.17) is 18.0 Å². The van der Waals surface area contributed by atoms with Crippen LogP contribution in [0.2, 0.25) is 5.02 Å². The van der Waals surface area contributed by atoms with Crippen LogP contribution in [-0.2, 0) is 26.4 Å². The molecule has 194 valence electrons. The molecule has 1 aliphatic heterocycles. The highest BCUT2D eigenvalue weighted by atomic mass is 35.5. The summed E-state index contributed by atoms with van der Waals surface area (Å²) in [4.78, 5) is 14.7. The van der Waals surface area contributed by atoms with E-state index >= 15 is 0 Å². The molecule has 1 amide bonds. The second-order valence-corrected chi connectivity index (χ2v) is 11.5. The number of terminal acetylenes is 1. The van der Waals surface area contributed by atoms with Gasteiger partial charge in [-0.3, -0.25) is 4.79 Å². The Bertz CT molecular complexity index is 1230. The van der Waals surface area contributed by atoms with Gasteiger partial charge < -0.3 is 4.90 Å². The summed E-state index contributed by atoms with van der Waals surface area (Å²) in [5, 5.41) is 0.489. The monoisotopic (exact) mass is 540 g/mol. The van der Waals surface area contributed by atoms with Crippen LogP contribution in [-0.4, -0.2) is 38.6 Å². The number of rotatable bonds is 7. The predicted octanol–water partition coefficient (Wildman–Crippen LogP) is 5.17. The molecule has 0 radical (unpaired) electrons. The number of nitrogens with one attached hydrogen (secondary N) is 1. The van der Waals surface area contributed by atoms with Crippen LogP contribution in [0.15, 0.2) is 48.5 Å². The highest BCUT2D eigenvalue weighted by Gasteiger charge is 2.39. The molecule has 1 saturated heterocycles. The zero-order valence-corrected chi connectivity index (χ0v) is 21.6. The van der Waals surface area contributed by atoms with Crippen molar-refractivity contribution in [2.45, 2.75) is 43.8 Å². The molecule has 2 aromatic rings. The molecule has 36 heavy (non-hydrogen) atoms. The summed E-state index contributed by atoms with van der Waals surface area (Å²) in [6.45, 7) is 2.50. The van der Waals surface area contributed by atoms with E-state index in [2.05, 4.69) is 10.6 Å². The van der Waals surface area contributed by atoms with E-state index in [1.807, 2.05) is 0 Å². The number of likely N-dealkylation sites (tertiary alicyclic amines) is 1. The largest absolute Gasteiger partial charge is 0.416 e. The van der Waals surface area contributed by atoms with Crippen molar-refractivity contribution < 1.29 is 26.4 Å². The first-order valence-corrected chi connectivity index (χ1v) is 13.7. The molecule has 5 nitrogen and oxygen atoms in total. The number of nitrogens with zero attached hydrogens (tertiary/aromatic N) is 1. The summed E-state index contributed by atoms with van der Waals surface area (Å²) in [6.07, 6.45) is 3.33. The predicted molar refractivity (Wildman–Crippen MR) is 134 cm³/mol. The Kier molecular flexibility index (Phi) is 8.44. The molecule has 2 unspecified atom stereocenters. The summed E-state index contributed by atoms with van der Waals surface area (Å²) >= 11 is 5.93. The number of hydrogen-bond donors (Lipinski definition) is 1. The van der Waals surface area contributed by atoms with Crippen molar-refractivity contribution in [3.05, 3.63) is 70.2 Å². The lowest BCUT2D eigenvalue weighted by Crippen LogP contribution is -2.45. The first kappa shape index (κ1) is 28.0. The van der Waals surface area contributed by atoms with E-state index < -0.39 is 33.2 Å². The quantitative estimate of drug-likeness (QED) is 0.493. The fourth-order valence-corrected chi connectivity index (χ4v) is 5.51. The maximum atomic E-state index is 13.2. The summed E-state index contributed by atoms with van der Waals surface area (Å²) in [5.74, 6) is 2.35. The molecule has 3 rings (SSSR count). The van der Waals surface area contributed by atoms with E-state index in [1.54, 1.807) is 42.2 Å². The Balaban J connectivity index is 1.72. The van der Waals surface area contributed by atoms with Gasteiger partial charge in [0.15, 0.2) is 0 Å². The van der Waals surface area contributed by atoms with Crippen molar-refractivity contribution in [3.63, 3.8) is 0 Å². The van der Waals surface area contributed by atoms with Crippen LogP contribution < -0.4 is 4.72 Å². The third kappa shape index (κ3) is 6.81. The van der Waals surface area contributed by atoms with Gasteiger partial charge in [0.25, 0.3) is 0 Å². The lowest BCUT2D eigenvalue weighted by molar-refractivity contribution is -0.137. The van der Waals surface area contributed by atoms with Crippen LogP contribution in [0.5, 0.6) is 0 Å². The smallest absolute Gasteiger partial charge is 0.343 e. The van der Waals surface area contributed by atoms with E-state index in [0.717, 1.165) is 18.4 Å². The molecular formula is C26H28ClF3N2O3S. The van der Waals surface area contributed by atoms with Crippen molar-refractivity contribution in [1.29, 1.82) is 0 Å². The van der Waals surface area contributed by atoms with Gasteiger partial charge in [0.1, 0.15) is 0 Å². The van der Waals surface area contributed by atoms with E-state index in [1.165, 1.54) is 6.07 Å². The number of sulfonamides is 1. The fourth-order valence-electron chi connectivity index (χ4n) is 4.65. The highest BCUT2D eigenvalue weighted by Crippen LogP contribution is 2.40. The van der Waals surface area contributed by atoms with Gasteiger partial charge in [0, 0.05) is 24.5 Å². The number of alkyl halides is 3. The van der Waals surface area contributed by atoms with E-state index in [9.17, 15) is 26.4 Å². The van der Waals surface area contributed by atoms with Gasteiger partial charge in [-0.05, 0) is 55.0 Å². The zero-order chi connectivity index (χ0) is 26.7. The van der Waals surface area contributed by atoms with Crippen molar-refractivity contribution in [3.8, 4) is 12.3 Å². The van der Waals surface area contributed by atoms with Gasteiger partial charge >= 0.3 is 6.18 Å². The van der Waals surface area contributed by atoms with Gasteiger partial charge in [0.2, 0.25) is 15.9 Å². The molecule has 0 spiro atoms. The first-order valence-electron chi connectivity index (χ1n) is 11.4. The third-order valence-corrected chi connectivity index (χ3v) is 7.73. The lowest BCUT2D eigenvalue weighted by atomic mass is 9.68. The van der Waals surface area contributed by atoms with Crippen molar-refractivity contribution >= 4 is 27.5 Å². The lowest BCUT2D eigenvalue weighted by Gasteiger charge is -2.40. The average Bonchev–Trinajstić information content (AvgIpc) is 2.82. The maximum absolute atomic E-state index is 13.2. The van der Waals surface area contributed by atoms with Crippen LogP contribution in [0.1, 0.15) is 48.9 Å². The van der Waals surface area contributed by atoms with Crippen LogP contribution >= 0.6 is 11.6 Å². The second-order valence-electron chi connectivity index (χ2n) is 9.28. The molecular weight excluding hydrogens is 513 g/mol. The number of hydrogen-bond acceptors (Lipinski definition) is 3. The minimum atomic E-state index is -4.47. The first-order chi connectivity index (χ1) is 16.7. The Morgan fingerprint density at radius 2 is 1.75 bits per heavy atom. The summed E-state index contributed by atoms with van der Waals surface area (Å²) < 4.78 is 66.0. The summed E-state index contributed by atoms with van der Waals surface area (Å²) in [6, 6.07) is 10.9. The molecule has 0 saturated carbocycles. The van der Waals surface area contributed by atoms with Crippen molar-refractivity contribution in [1.82, 2.24) is 9.62 Å². The minimum Gasteiger partial charge on any atom is -0.343 e. The Labute approximate surface area is 215 Å². The van der Waals surface area contributed by atoms with Crippen LogP contribution in [0.3, 0.4) is 0 Å². The number of carbonyl (C=O) groups is 1. The number of halogens is 4. The Morgan fingerprint density at radius 1 is 1.17 bits per heavy atom. The molecule has 10 heteroatoms. The number of piperidine rings is 1. The molecule has 0 aromatic heterocycles. The molecule has 1 fully saturated rings. The van der Waals surface area contributed by atoms with Gasteiger partial charge in [-0.15, -0.1) is 6.42 Å². The topological polar surface area (TPSA) is 66.5 Å². The zero-order valence-electron chi connectivity index (χ0n) is 20.0. The number of benzene rings is 2. The summed E-state index contributed by atoms with van der Waals surface area (Å²) in [5.41, 5.74) is -0.650. The molecule has 1 heterocycles. The van der Waals surface area contributed by atoms with Crippen LogP contribution in [0, 0.1) is 18.3 Å². The second kappa shape index (κ2) is 10.8. The van der Waals surface area contributed by atoms with Crippen molar-refractivity contribution in [2.24, 2.45) is 5.92 Å². The Morgan fingerprint density at radius 3 is 2.28 bits per heavy atom. The van der Waals surface area contributed by atoms with Gasteiger partial charge in [-0.25, -0.2) is 13.1 Å². The van der Waals surface area contributed by atoms with Gasteiger partial charge in [-0.1, -0.05) is 47.9 Å². The number of amides is 1. The maximum Gasteiger partial charge on any atom is 0.416 e. The minimum absolute atomic E-state index is 0.0839. The van der Waals surface area contributed by atoms with Crippen molar-refractivity contribution in [2.75, 3.05) is 19.3 Å². The molecule has 0 bridgehead atoms. The fraction of sp³-hybridized carbons (Fsp3) is 0.423. The standard InChI is InChI=1S/C26H28ClF3N2O3S/c1-4-25(2,20-6-5-7-21(16-20)26(28,29)30)19-12-14-32(15-13-19)24(33)17-23(31-36(3,34)35)18-8-10-22(27)11-9-18/h1,5-11,16,19,23,31H,12-15,17H2,2-3H3. The molecule has 1 aliphatic rings. The highest BCUT2D eigenvalue weighted by molar-refractivity contribution is 7.88. The molecule has 1 N–H and O–H groups in total. The van der Waals surface area contributed by atoms with E-state index in [0.29, 0.717) is 42.1 Å². The van der Waals surface area contributed by atoms with Crippen LogP contribution in [0.4, 0.5) is 13.2 Å². The van der Waals surface area contributed by atoms with Crippen LogP contribution in [0.25, 0.3) is 0 Å². The SMILES string of the molecule is C#CC(C)(c1cccc(C(F)(F)F)c1)C1CCN(C(=O)CC(NS(C)(=O)=O)c2ccc(Cl)cc2)CC1. The average molecular weight is 541 g/mol. The van der Waals surface area contributed by atoms with E-state index in [-0.39, 0.29) is 18.2 Å². The normalized spacial score (nSPS) is 17.8. The molecule has 0 aliphatic carbocycles. The number of carbonyl (C=O) groups excluding carboxylic acids is 1. The Hall–Kier alpha value is -2.54. The van der Waals surface area contributed by atoms with Gasteiger partial charge in [-0.2, -0.15) is 13.2 Å². The summed E-state index contributed by atoms with van der Waals surface area (Å²) in [7, 11) is -3.59. The third-order valence-electron chi connectivity index (χ3n) is 6.76. The molecule has 2 aromatic carbocycles.